The molecule has 2 heterocycles. The van der Waals surface area contributed by atoms with E-state index in [0.717, 1.165) is 0 Å². The number of anilines is 1. The molecular formula is C19H19ClN4O4. The number of ether oxygens (including phenoxy) is 1. The van der Waals surface area contributed by atoms with Crippen molar-refractivity contribution < 1.29 is 13.9 Å². The third kappa shape index (κ3) is 4.40. The maximum Gasteiger partial charge on any atom is 0.251 e. The van der Waals surface area contributed by atoms with E-state index in [9.17, 15) is 9.59 Å². The van der Waals surface area contributed by atoms with Crippen LogP contribution in [0.2, 0.25) is 5.02 Å². The van der Waals surface area contributed by atoms with Crippen LogP contribution in [0.5, 0.6) is 5.75 Å². The van der Waals surface area contributed by atoms with Crippen LogP contribution >= 0.6 is 11.6 Å². The minimum atomic E-state index is -0.381. The van der Waals surface area contributed by atoms with Gasteiger partial charge in [-0.3, -0.25) is 9.59 Å². The molecule has 8 nitrogen and oxygen atoms in total. The zero-order valence-corrected chi connectivity index (χ0v) is 16.4. The lowest BCUT2D eigenvalue weighted by atomic mass is 10.2. The molecule has 0 fully saturated rings. The number of pyridine rings is 1. The molecule has 1 amide bonds. The predicted octanol–water partition coefficient (Wildman–Crippen LogP) is 3.32. The number of amides is 1. The Hall–Kier alpha value is -3.13. The van der Waals surface area contributed by atoms with Gasteiger partial charge in [0.15, 0.2) is 0 Å². The van der Waals surface area contributed by atoms with Crippen molar-refractivity contribution in [3.05, 3.63) is 57.8 Å². The Balaban J connectivity index is 1.77. The molecule has 3 aromatic rings. The highest BCUT2D eigenvalue weighted by molar-refractivity contribution is 6.32. The highest BCUT2D eigenvalue weighted by Crippen LogP contribution is 2.27. The Morgan fingerprint density at radius 2 is 2.07 bits per heavy atom. The number of carbonyl (C=O) groups is 1. The molecule has 146 valence electrons. The standard InChI is InChI=1S/C19H19ClN4O4/c1-11(2)18-22-23-19(28-18)12-4-7-17(26)24(9-12)10-16(25)21-13-5-6-15(27-3)14(20)8-13/h4-9,11H,10H2,1-3H3,(H,21,25). The van der Waals surface area contributed by atoms with Crippen LogP contribution < -0.4 is 15.6 Å². The van der Waals surface area contributed by atoms with E-state index < -0.39 is 0 Å². The van der Waals surface area contributed by atoms with Crippen molar-refractivity contribution in [2.75, 3.05) is 12.4 Å². The number of nitrogens with zero attached hydrogens (tertiary/aromatic N) is 3. The fourth-order valence-corrected chi connectivity index (χ4v) is 2.72. The number of carbonyl (C=O) groups excluding carboxylic acids is 1. The first-order valence-corrected chi connectivity index (χ1v) is 8.93. The van der Waals surface area contributed by atoms with Gasteiger partial charge in [0.05, 0.1) is 17.7 Å². The van der Waals surface area contributed by atoms with Gasteiger partial charge in [0.2, 0.25) is 17.7 Å². The van der Waals surface area contributed by atoms with Crippen LogP contribution in [0.3, 0.4) is 0 Å². The summed E-state index contributed by atoms with van der Waals surface area (Å²) in [6.45, 7) is 3.70. The lowest BCUT2D eigenvalue weighted by Crippen LogP contribution is -2.26. The third-order valence-corrected chi connectivity index (χ3v) is 4.21. The largest absolute Gasteiger partial charge is 0.495 e. The quantitative estimate of drug-likeness (QED) is 0.679. The zero-order valence-electron chi connectivity index (χ0n) is 15.6. The molecule has 0 radical (unpaired) electrons. The summed E-state index contributed by atoms with van der Waals surface area (Å²) in [5, 5.41) is 11.0. The fourth-order valence-electron chi connectivity index (χ4n) is 2.47. The van der Waals surface area contributed by atoms with Gasteiger partial charge in [-0.05, 0) is 24.3 Å². The highest BCUT2D eigenvalue weighted by Gasteiger charge is 2.13. The van der Waals surface area contributed by atoms with Crippen molar-refractivity contribution in [2.24, 2.45) is 0 Å². The molecule has 9 heteroatoms. The van der Waals surface area contributed by atoms with E-state index in [4.69, 9.17) is 20.8 Å². The van der Waals surface area contributed by atoms with E-state index in [0.29, 0.717) is 33.8 Å². The molecule has 0 aliphatic carbocycles. The Bertz CT molecular complexity index is 1060. The second-order valence-corrected chi connectivity index (χ2v) is 6.79. The molecule has 1 N–H and O–H groups in total. The summed E-state index contributed by atoms with van der Waals surface area (Å²) >= 11 is 6.06. The van der Waals surface area contributed by atoms with Crippen molar-refractivity contribution >= 4 is 23.2 Å². The summed E-state index contributed by atoms with van der Waals surface area (Å²) in [4.78, 5) is 24.5. The van der Waals surface area contributed by atoms with Crippen molar-refractivity contribution in [2.45, 2.75) is 26.3 Å². The van der Waals surface area contributed by atoms with Gasteiger partial charge >= 0.3 is 0 Å². The lowest BCUT2D eigenvalue weighted by molar-refractivity contribution is -0.116. The molecule has 0 bridgehead atoms. The number of hydrogen-bond donors (Lipinski definition) is 1. The van der Waals surface area contributed by atoms with Gasteiger partial charge in [-0.15, -0.1) is 10.2 Å². The Morgan fingerprint density at radius 3 is 2.71 bits per heavy atom. The van der Waals surface area contributed by atoms with Gasteiger partial charge in [-0.1, -0.05) is 25.4 Å². The van der Waals surface area contributed by atoms with E-state index >= 15 is 0 Å². The van der Waals surface area contributed by atoms with Crippen LogP contribution in [0.4, 0.5) is 5.69 Å². The predicted molar refractivity (Wildman–Crippen MR) is 105 cm³/mol. The van der Waals surface area contributed by atoms with Crippen molar-refractivity contribution in [1.82, 2.24) is 14.8 Å². The van der Waals surface area contributed by atoms with Gasteiger partial charge in [-0.2, -0.15) is 0 Å². The molecule has 0 saturated heterocycles. The van der Waals surface area contributed by atoms with Crippen LogP contribution in [0.25, 0.3) is 11.5 Å². The number of nitrogens with one attached hydrogen (secondary N) is 1. The molecule has 0 atom stereocenters. The fraction of sp³-hybridized carbons (Fsp3) is 0.263. The summed E-state index contributed by atoms with van der Waals surface area (Å²) in [5.74, 6) is 1.01. The van der Waals surface area contributed by atoms with E-state index in [1.807, 2.05) is 13.8 Å². The summed E-state index contributed by atoms with van der Waals surface area (Å²) in [6, 6.07) is 7.81. The van der Waals surface area contributed by atoms with E-state index in [2.05, 4.69) is 15.5 Å². The smallest absolute Gasteiger partial charge is 0.251 e. The lowest BCUT2D eigenvalue weighted by Gasteiger charge is -2.10. The Kier molecular flexibility index (Phi) is 5.79. The maximum absolute atomic E-state index is 12.3. The number of halogens is 1. The molecule has 2 aromatic heterocycles. The minimum Gasteiger partial charge on any atom is -0.495 e. The van der Waals surface area contributed by atoms with Gasteiger partial charge in [0.1, 0.15) is 12.3 Å². The number of benzene rings is 1. The van der Waals surface area contributed by atoms with Crippen LogP contribution in [-0.2, 0) is 11.3 Å². The first-order chi connectivity index (χ1) is 13.4. The molecule has 0 saturated carbocycles. The first kappa shape index (κ1) is 19.6. The van der Waals surface area contributed by atoms with Crippen LogP contribution in [0.1, 0.15) is 25.7 Å². The normalized spacial score (nSPS) is 10.9. The molecular weight excluding hydrogens is 384 g/mol. The summed E-state index contributed by atoms with van der Waals surface area (Å²) in [5.41, 5.74) is 0.730. The van der Waals surface area contributed by atoms with Crippen LogP contribution in [0, 0.1) is 0 Å². The zero-order chi connectivity index (χ0) is 20.3. The SMILES string of the molecule is COc1ccc(NC(=O)Cn2cc(-c3nnc(C(C)C)o3)ccc2=O)cc1Cl. The topological polar surface area (TPSA) is 99.2 Å². The third-order valence-electron chi connectivity index (χ3n) is 3.91. The number of rotatable bonds is 6. The second kappa shape index (κ2) is 8.26. The van der Waals surface area contributed by atoms with E-state index in [1.54, 1.807) is 24.3 Å². The average molecular weight is 403 g/mol. The van der Waals surface area contributed by atoms with Crippen molar-refractivity contribution in [3.63, 3.8) is 0 Å². The number of hydrogen-bond acceptors (Lipinski definition) is 6. The molecule has 1 aromatic carbocycles. The van der Waals surface area contributed by atoms with Gasteiger partial charge < -0.3 is 19.0 Å². The minimum absolute atomic E-state index is 0.0919. The molecule has 0 unspecified atom stereocenters. The van der Waals surface area contributed by atoms with Crippen molar-refractivity contribution in [1.29, 1.82) is 0 Å². The average Bonchev–Trinajstić information content (AvgIpc) is 3.14. The van der Waals surface area contributed by atoms with Crippen LogP contribution in [0.15, 0.2) is 45.7 Å². The molecule has 28 heavy (non-hydrogen) atoms. The Labute approximate surface area is 166 Å². The van der Waals surface area contributed by atoms with E-state index in [-0.39, 0.29) is 23.9 Å². The molecule has 0 aliphatic heterocycles. The number of aromatic nitrogens is 3. The van der Waals surface area contributed by atoms with Crippen LogP contribution in [-0.4, -0.2) is 27.8 Å². The number of methoxy groups -OCH3 is 1. The van der Waals surface area contributed by atoms with E-state index in [1.165, 1.54) is 23.9 Å². The molecule has 0 spiro atoms. The molecule has 3 rings (SSSR count). The summed E-state index contributed by atoms with van der Waals surface area (Å²) in [7, 11) is 1.51. The molecule has 0 aliphatic rings. The first-order valence-electron chi connectivity index (χ1n) is 8.55. The second-order valence-electron chi connectivity index (χ2n) is 6.38. The Morgan fingerprint density at radius 1 is 1.29 bits per heavy atom. The summed E-state index contributed by atoms with van der Waals surface area (Å²) in [6.07, 6.45) is 1.51. The summed E-state index contributed by atoms with van der Waals surface area (Å²) < 4.78 is 11.9. The van der Waals surface area contributed by atoms with Gasteiger partial charge in [0, 0.05) is 23.9 Å². The van der Waals surface area contributed by atoms with Gasteiger partial charge in [-0.25, -0.2) is 0 Å². The highest BCUT2D eigenvalue weighted by atomic mass is 35.5. The monoisotopic (exact) mass is 402 g/mol. The maximum atomic E-state index is 12.3. The van der Waals surface area contributed by atoms with Crippen molar-refractivity contribution in [3.8, 4) is 17.2 Å². The van der Waals surface area contributed by atoms with Gasteiger partial charge in [0.25, 0.3) is 5.56 Å².